The molecule has 0 bridgehead atoms. The summed E-state index contributed by atoms with van der Waals surface area (Å²) in [5.41, 5.74) is 7.81. The van der Waals surface area contributed by atoms with E-state index in [-0.39, 0.29) is 24.2 Å². The van der Waals surface area contributed by atoms with Gasteiger partial charge in [0, 0.05) is 37.0 Å². The lowest BCUT2D eigenvalue weighted by Gasteiger charge is -2.15. The van der Waals surface area contributed by atoms with Gasteiger partial charge in [-0.2, -0.15) is 18.2 Å². The molecule has 1 aliphatic carbocycles. The summed E-state index contributed by atoms with van der Waals surface area (Å²) in [5, 5.41) is 9.45. The lowest BCUT2D eigenvalue weighted by Crippen LogP contribution is -2.17. The smallest absolute Gasteiger partial charge is 0.403 e. The zero-order chi connectivity index (χ0) is 21.9. The van der Waals surface area contributed by atoms with Crippen LogP contribution < -0.4 is 16.4 Å². The third kappa shape index (κ3) is 4.55. The lowest BCUT2D eigenvalue weighted by molar-refractivity contribution is -0.137. The number of aliphatic imine (C=N–C) groups is 1. The van der Waals surface area contributed by atoms with Gasteiger partial charge in [-0.3, -0.25) is 4.99 Å². The first-order valence-corrected chi connectivity index (χ1v) is 9.58. The summed E-state index contributed by atoms with van der Waals surface area (Å²) in [6.45, 7) is 6.13. The van der Waals surface area contributed by atoms with E-state index in [1.807, 2.05) is 6.92 Å². The van der Waals surface area contributed by atoms with Gasteiger partial charge in [0.15, 0.2) is 0 Å². The van der Waals surface area contributed by atoms with Gasteiger partial charge in [-0.05, 0) is 33.6 Å². The predicted octanol–water partition coefficient (Wildman–Crippen LogP) is 3.63. The summed E-state index contributed by atoms with van der Waals surface area (Å²) in [6.07, 6.45) is -0.698. The molecule has 2 heterocycles. The fourth-order valence-corrected chi connectivity index (χ4v) is 3.31. The highest BCUT2D eigenvalue weighted by molar-refractivity contribution is 6.00. The molecule has 0 aromatic carbocycles. The molecule has 0 saturated heterocycles. The number of anilines is 2. The van der Waals surface area contributed by atoms with Crippen LogP contribution in [0.4, 0.5) is 24.9 Å². The third-order valence-electron chi connectivity index (χ3n) is 4.92. The van der Waals surface area contributed by atoms with Crippen LogP contribution in [-0.4, -0.2) is 33.9 Å². The van der Waals surface area contributed by atoms with Crippen LogP contribution in [0.25, 0.3) is 0 Å². The summed E-state index contributed by atoms with van der Waals surface area (Å²) < 4.78 is 44.8. The van der Waals surface area contributed by atoms with E-state index in [1.165, 1.54) is 6.20 Å². The van der Waals surface area contributed by atoms with Crippen molar-refractivity contribution in [2.45, 2.75) is 45.7 Å². The molecule has 2 aromatic heterocycles. The fraction of sp³-hybridized carbons (Fsp3) is 0.474. The minimum absolute atomic E-state index is 0.0146. The quantitative estimate of drug-likeness (QED) is 0.583. The topological polar surface area (TPSA) is 114 Å². The standard InChI is InChI=1S/C19H24F3N7O/c1-4-24-17-14(19(20,21)22)9-26-18(28-17)27-15(7-23)11(3)25-8-12-5-6-13-10(2)29-30-16(12)13/h7,9,12H,4-6,8,23H2,1-3H3,(H2,24,26,27,28)/b15-7+,25-11-/t12-/m1/s1. The number of allylic oxidation sites excluding steroid dienone is 1. The number of hydrogen-bond acceptors (Lipinski definition) is 8. The molecule has 1 atom stereocenters. The molecule has 2 aromatic rings. The van der Waals surface area contributed by atoms with Crippen molar-refractivity contribution in [3.8, 4) is 0 Å². The largest absolute Gasteiger partial charge is 0.421 e. The van der Waals surface area contributed by atoms with Crippen LogP contribution in [0.1, 0.15) is 48.8 Å². The summed E-state index contributed by atoms with van der Waals surface area (Å²) in [7, 11) is 0. The third-order valence-corrected chi connectivity index (χ3v) is 4.92. The Morgan fingerprint density at radius 1 is 1.43 bits per heavy atom. The Morgan fingerprint density at radius 2 is 2.20 bits per heavy atom. The number of nitrogens with two attached hydrogens (primary N) is 1. The van der Waals surface area contributed by atoms with Crippen LogP contribution in [0, 0.1) is 6.92 Å². The van der Waals surface area contributed by atoms with Gasteiger partial charge >= 0.3 is 6.18 Å². The maximum absolute atomic E-state index is 13.1. The Morgan fingerprint density at radius 3 is 2.87 bits per heavy atom. The summed E-state index contributed by atoms with van der Waals surface area (Å²) in [5.74, 6) is 0.696. The van der Waals surface area contributed by atoms with E-state index in [0.717, 1.165) is 36.1 Å². The normalized spacial score (nSPS) is 17.2. The molecule has 0 saturated carbocycles. The minimum Gasteiger partial charge on any atom is -0.403 e. The van der Waals surface area contributed by atoms with Gasteiger partial charge < -0.3 is 20.9 Å². The van der Waals surface area contributed by atoms with E-state index in [2.05, 4.69) is 30.8 Å². The summed E-state index contributed by atoms with van der Waals surface area (Å²) in [4.78, 5) is 12.3. The van der Waals surface area contributed by atoms with E-state index < -0.39 is 11.7 Å². The number of nitrogens with one attached hydrogen (secondary N) is 2. The Hall–Kier alpha value is -3.11. The number of nitrogens with zero attached hydrogens (tertiary/aromatic N) is 4. The van der Waals surface area contributed by atoms with E-state index in [0.29, 0.717) is 18.0 Å². The number of fused-ring (bicyclic) bond motifs is 1. The molecular formula is C19H24F3N7O. The van der Waals surface area contributed by atoms with Crippen molar-refractivity contribution >= 4 is 17.5 Å². The monoisotopic (exact) mass is 423 g/mol. The summed E-state index contributed by atoms with van der Waals surface area (Å²) >= 11 is 0. The molecule has 0 amide bonds. The molecule has 1 aliphatic rings. The Balaban J connectivity index is 1.73. The zero-order valence-corrected chi connectivity index (χ0v) is 17.0. The first-order chi connectivity index (χ1) is 14.2. The van der Waals surface area contributed by atoms with Gasteiger partial charge in [0.25, 0.3) is 0 Å². The molecule has 4 N–H and O–H groups in total. The number of rotatable bonds is 7. The van der Waals surface area contributed by atoms with Crippen LogP contribution in [-0.2, 0) is 12.6 Å². The molecule has 162 valence electrons. The average molecular weight is 423 g/mol. The van der Waals surface area contributed by atoms with Crippen molar-refractivity contribution in [1.82, 2.24) is 15.1 Å². The van der Waals surface area contributed by atoms with Crippen LogP contribution in [0.15, 0.2) is 27.6 Å². The second-order valence-electron chi connectivity index (χ2n) is 6.96. The average Bonchev–Trinajstić information content (AvgIpc) is 3.26. The Bertz CT molecular complexity index is 966. The lowest BCUT2D eigenvalue weighted by atomic mass is 10.1. The molecule has 30 heavy (non-hydrogen) atoms. The zero-order valence-electron chi connectivity index (χ0n) is 17.0. The first kappa shape index (κ1) is 21.6. The Labute approximate surface area is 171 Å². The molecular weight excluding hydrogens is 399 g/mol. The van der Waals surface area contributed by atoms with Crippen molar-refractivity contribution in [1.29, 1.82) is 0 Å². The van der Waals surface area contributed by atoms with E-state index in [4.69, 9.17) is 10.3 Å². The fourth-order valence-electron chi connectivity index (χ4n) is 3.31. The SMILES string of the molecule is CCNc1nc(NC(=C/N)/C(C)=N\C[C@H]2CCc3c(C)noc32)ncc1C(F)(F)F. The van der Waals surface area contributed by atoms with Crippen molar-refractivity contribution in [3.05, 3.63) is 40.7 Å². The molecule has 3 rings (SSSR count). The van der Waals surface area contributed by atoms with Gasteiger partial charge in [0.2, 0.25) is 5.95 Å². The molecule has 11 heteroatoms. The second-order valence-corrected chi connectivity index (χ2v) is 6.96. The predicted molar refractivity (Wildman–Crippen MR) is 107 cm³/mol. The highest BCUT2D eigenvalue weighted by Gasteiger charge is 2.35. The van der Waals surface area contributed by atoms with Crippen LogP contribution in [0.3, 0.4) is 0 Å². The molecule has 0 fully saturated rings. The van der Waals surface area contributed by atoms with Crippen molar-refractivity contribution in [2.75, 3.05) is 23.7 Å². The highest BCUT2D eigenvalue weighted by Crippen LogP contribution is 2.35. The highest BCUT2D eigenvalue weighted by atomic mass is 19.4. The first-order valence-electron chi connectivity index (χ1n) is 9.58. The van der Waals surface area contributed by atoms with Crippen LogP contribution >= 0.6 is 0 Å². The van der Waals surface area contributed by atoms with Gasteiger partial charge in [0.05, 0.1) is 17.1 Å². The maximum atomic E-state index is 13.1. The molecule has 0 spiro atoms. The summed E-state index contributed by atoms with van der Waals surface area (Å²) in [6, 6.07) is 0. The van der Waals surface area contributed by atoms with Gasteiger partial charge in [0.1, 0.15) is 17.1 Å². The maximum Gasteiger partial charge on any atom is 0.421 e. The molecule has 0 aliphatic heterocycles. The number of alkyl halides is 3. The van der Waals surface area contributed by atoms with Gasteiger partial charge in [-0.1, -0.05) is 5.16 Å². The number of hydrogen-bond donors (Lipinski definition) is 3. The molecule has 0 unspecified atom stereocenters. The van der Waals surface area contributed by atoms with Crippen molar-refractivity contribution in [2.24, 2.45) is 10.7 Å². The van der Waals surface area contributed by atoms with Crippen molar-refractivity contribution in [3.63, 3.8) is 0 Å². The van der Waals surface area contributed by atoms with Crippen LogP contribution in [0.5, 0.6) is 0 Å². The minimum atomic E-state index is -4.56. The van der Waals surface area contributed by atoms with E-state index in [9.17, 15) is 13.2 Å². The number of aromatic nitrogens is 3. The van der Waals surface area contributed by atoms with Crippen molar-refractivity contribution < 1.29 is 17.7 Å². The molecule has 0 radical (unpaired) electrons. The van der Waals surface area contributed by atoms with E-state index >= 15 is 0 Å². The second kappa shape index (κ2) is 8.72. The number of aryl methyl sites for hydroxylation is 1. The Kier molecular flexibility index (Phi) is 6.28. The van der Waals surface area contributed by atoms with Crippen LogP contribution in [0.2, 0.25) is 0 Å². The van der Waals surface area contributed by atoms with Gasteiger partial charge in [-0.15, -0.1) is 0 Å². The van der Waals surface area contributed by atoms with Gasteiger partial charge in [-0.25, -0.2) is 4.98 Å². The van der Waals surface area contributed by atoms with E-state index in [1.54, 1.807) is 13.8 Å². The number of halogens is 3. The molecule has 8 nitrogen and oxygen atoms in total.